The van der Waals surface area contributed by atoms with Gasteiger partial charge >= 0.3 is 0 Å². The van der Waals surface area contributed by atoms with Gasteiger partial charge in [-0.1, -0.05) is 0 Å². The molecule has 4 heteroatoms. The van der Waals surface area contributed by atoms with Crippen molar-refractivity contribution in [2.24, 2.45) is 7.05 Å². The highest BCUT2D eigenvalue weighted by Crippen LogP contribution is 1.98. The van der Waals surface area contributed by atoms with E-state index in [-0.39, 0.29) is 0 Å². The predicted octanol–water partition coefficient (Wildman–Crippen LogP) is 0.441. The van der Waals surface area contributed by atoms with Crippen molar-refractivity contribution in [2.45, 2.75) is 13.0 Å². The van der Waals surface area contributed by atoms with Crippen molar-refractivity contribution in [3.05, 3.63) is 18.2 Å². The Morgan fingerprint density at radius 2 is 2.46 bits per heavy atom. The van der Waals surface area contributed by atoms with Gasteiger partial charge < -0.3 is 9.36 Å². The number of rotatable bonds is 5. The zero-order chi connectivity index (χ0) is 9.68. The summed E-state index contributed by atoms with van der Waals surface area (Å²) in [7, 11) is 3.95. The number of hydrogen-bond acceptors (Lipinski definition) is 3. The zero-order valence-corrected chi connectivity index (χ0v) is 8.10. The maximum absolute atomic E-state index is 10.1. The molecule has 0 amide bonds. The molecule has 0 unspecified atom stereocenters. The number of aryl methyl sites for hydroxylation is 1. The summed E-state index contributed by atoms with van der Waals surface area (Å²) < 4.78 is 1.98. The SMILES string of the molecule is CN(CCC=O)Cc1nccn1C. The molecule has 1 heterocycles. The number of aldehydes is 1. The summed E-state index contributed by atoms with van der Waals surface area (Å²) in [6.45, 7) is 1.58. The molecule has 1 rings (SSSR count). The van der Waals surface area contributed by atoms with Crippen LogP contribution in [-0.4, -0.2) is 34.3 Å². The standard InChI is InChI=1S/C9H15N3O/c1-11(5-3-7-13)8-9-10-4-6-12(9)2/h4,6-7H,3,5,8H2,1-2H3. The van der Waals surface area contributed by atoms with E-state index < -0.39 is 0 Å². The van der Waals surface area contributed by atoms with Crippen LogP contribution < -0.4 is 0 Å². The molecular weight excluding hydrogens is 166 g/mol. The molecule has 0 aromatic carbocycles. The third kappa shape index (κ3) is 2.99. The van der Waals surface area contributed by atoms with Crippen LogP contribution in [0.15, 0.2) is 12.4 Å². The lowest BCUT2D eigenvalue weighted by Crippen LogP contribution is -2.21. The van der Waals surface area contributed by atoms with E-state index in [4.69, 9.17) is 0 Å². The van der Waals surface area contributed by atoms with Crippen LogP contribution in [0, 0.1) is 0 Å². The second kappa shape index (κ2) is 4.77. The summed E-state index contributed by atoms with van der Waals surface area (Å²) in [5.74, 6) is 1.02. The Morgan fingerprint density at radius 1 is 1.69 bits per heavy atom. The van der Waals surface area contributed by atoms with E-state index in [0.29, 0.717) is 6.42 Å². The van der Waals surface area contributed by atoms with E-state index in [0.717, 1.165) is 25.2 Å². The van der Waals surface area contributed by atoms with Crippen LogP contribution in [-0.2, 0) is 18.4 Å². The molecule has 0 aliphatic heterocycles. The summed E-state index contributed by atoms with van der Waals surface area (Å²) >= 11 is 0. The Kier molecular flexibility index (Phi) is 3.64. The first-order valence-corrected chi connectivity index (χ1v) is 4.32. The van der Waals surface area contributed by atoms with E-state index in [1.165, 1.54) is 0 Å². The topological polar surface area (TPSA) is 38.1 Å². The average molecular weight is 181 g/mol. The normalized spacial score (nSPS) is 10.7. The first kappa shape index (κ1) is 9.92. The minimum atomic E-state index is 0.584. The van der Waals surface area contributed by atoms with E-state index in [1.807, 2.05) is 24.9 Å². The highest BCUT2D eigenvalue weighted by atomic mass is 16.1. The smallest absolute Gasteiger partial charge is 0.122 e. The van der Waals surface area contributed by atoms with Crippen molar-refractivity contribution in [3.63, 3.8) is 0 Å². The molecule has 0 saturated heterocycles. The Morgan fingerprint density at radius 3 is 3.00 bits per heavy atom. The number of carbonyl (C=O) groups excluding carboxylic acids is 1. The van der Waals surface area contributed by atoms with Crippen molar-refractivity contribution in [1.82, 2.24) is 14.5 Å². The molecule has 1 aromatic heterocycles. The van der Waals surface area contributed by atoms with Crippen LogP contribution in [0.25, 0.3) is 0 Å². The van der Waals surface area contributed by atoms with Crippen molar-refractivity contribution in [1.29, 1.82) is 0 Å². The van der Waals surface area contributed by atoms with Gasteiger partial charge in [0.2, 0.25) is 0 Å². The number of hydrogen-bond donors (Lipinski definition) is 0. The quantitative estimate of drug-likeness (QED) is 0.619. The first-order valence-electron chi connectivity index (χ1n) is 4.32. The third-order valence-electron chi connectivity index (χ3n) is 1.96. The number of carbonyl (C=O) groups is 1. The molecule has 0 spiro atoms. The number of nitrogens with zero attached hydrogens (tertiary/aromatic N) is 3. The number of aromatic nitrogens is 2. The molecule has 0 aliphatic carbocycles. The lowest BCUT2D eigenvalue weighted by atomic mass is 10.4. The maximum Gasteiger partial charge on any atom is 0.122 e. The molecule has 0 aliphatic rings. The van der Waals surface area contributed by atoms with Crippen LogP contribution in [0.3, 0.4) is 0 Å². The fourth-order valence-corrected chi connectivity index (χ4v) is 1.14. The Balaban J connectivity index is 2.40. The minimum absolute atomic E-state index is 0.584. The second-order valence-electron chi connectivity index (χ2n) is 3.15. The summed E-state index contributed by atoms with van der Waals surface area (Å²) in [6.07, 6.45) is 5.22. The largest absolute Gasteiger partial charge is 0.337 e. The Labute approximate surface area is 78.2 Å². The lowest BCUT2D eigenvalue weighted by Gasteiger charge is -2.14. The minimum Gasteiger partial charge on any atom is -0.337 e. The molecule has 0 radical (unpaired) electrons. The van der Waals surface area contributed by atoms with Gasteiger partial charge in [0.25, 0.3) is 0 Å². The maximum atomic E-state index is 10.1. The molecular formula is C9H15N3O. The number of imidazole rings is 1. The van der Waals surface area contributed by atoms with E-state index in [1.54, 1.807) is 6.20 Å². The molecule has 0 bridgehead atoms. The highest BCUT2D eigenvalue weighted by Gasteiger charge is 2.03. The van der Waals surface area contributed by atoms with Crippen LogP contribution in [0.5, 0.6) is 0 Å². The summed E-state index contributed by atoms with van der Waals surface area (Å²) in [5, 5.41) is 0. The van der Waals surface area contributed by atoms with Crippen molar-refractivity contribution < 1.29 is 4.79 Å². The fraction of sp³-hybridized carbons (Fsp3) is 0.556. The average Bonchev–Trinajstić information content (AvgIpc) is 2.48. The van der Waals surface area contributed by atoms with Crippen LogP contribution in [0.1, 0.15) is 12.2 Å². The molecule has 72 valence electrons. The molecule has 0 N–H and O–H groups in total. The molecule has 1 aromatic rings. The Bertz CT molecular complexity index is 270. The molecule has 4 nitrogen and oxygen atoms in total. The first-order chi connectivity index (χ1) is 6.24. The van der Waals surface area contributed by atoms with Gasteiger partial charge in [0, 0.05) is 32.4 Å². The van der Waals surface area contributed by atoms with E-state index >= 15 is 0 Å². The van der Waals surface area contributed by atoms with Gasteiger partial charge in [-0.05, 0) is 7.05 Å². The van der Waals surface area contributed by atoms with Gasteiger partial charge in [0.05, 0.1) is 6.54 Å². The van der Waals surface area contributed by atoms with Gasteiger partial charge in [0.1, 0.15) is 12.1 Å². The van der Waals surface area contributed by atoms with E-state index in [2.05, 4.69) is 9.88 Å². The van der Waals surface area contributed by atoms with Gasteiger partial charge in [-0.15, -0.1) is 0 Å². The molecule has 13 heavy (non-hydrogen) atoms. The van der Waals surface area contributed by atoms with Gasteiger partial charge in [0.15, 0.2) is 0 Å². The van der Waals surface area contributed by atoms with Crippen molar-refractivity contribution in [2.75, 3.05) is 13.6 Å². The molecule has 0 atom stereocenters. The Hall–Kier alpha value is -1.16. The monoisotopic (exact) mass is 181 g/mol. The molecule has 0 fully saturated rings. The van der Waals surface area contributed by atoms with Gasteiger partial charge in [-0.2, -0.15) is 0 Å². The van der Waals surface area contributed by atoms with Gasteiger partial charge in [-0.3, -0.25) is 4.90 Å². The zero-order valence-electron chi connectivity index (χ0n) is 8.10. The second-order valence-corrected chi connectivity index (χ2v) is 3.15. The van der Waals surface area contributed by atoms with Crippen LogP contribution >= 0.6 is 0 Å². The van der Waals surface area contributed by atoms with Gasteiger partial charge in [-0.25, -0.2) is 4.98 Å². The summed E-state index contributed by atoms with van der Waals surface area (Å²) in [6, 6.07) is 0. The van der Waals surface area contributed by atoms with Crippen molar-refractivity contribution in [3.8, 4) is 0 Å². The van der Waals surface area contributed by atoms with E-state index in [9.17, 15) is 4.79 Å². The molecule has 0 saturated carbocycles. The summed E-state index contributed by atoms with van der Waals surface area (Å²) in [4.78, 5) is 16.4. The third-order valence-corrected chi connectivity index (χ3v) is 1.96. The summed E-state index contributed by atoms with van der Waals surface area (Å²) in [5.41, 5.74) is 0. The van der Waals surface area contributed by atoms with Crippen LogP contribution in [0.2, 0.25) is 0 Å². The lowest BCUT2D eigenvalue weighted by molar-refractivity contribution is -0.108. The van der Waals surface area contributed by atoms with Crippen LogP contribution in [0.4, 0.5) is 0 Å². The predicted molar refractivity (Wildman–Crippen MR) is 50.2 cm³/mol. The van der Waals surface area contributed by atoms with Crippen molar-refractivity contribution >= 4 is 6.29 Å². The fourth-order valence-electron chi connectivity index (χ4n) is 1.14. The highest BCUT2D eigenvalue weighted by molar-refractivity contribution is 5.49.